The Morgan fingerprint density at radius 2 is 2.00 bits per heavy atom. The molecule has 0 aromatic heterocycles. The second-order valence-electron chi connectivity index (χ2n) is 5.32. The standard InChI is InChI=1S/C17H14N2O6/c1-24-15(20)10-18-13-9-12(19(22)23)7-8-14(13)25-16(17(18)21)11-5-3-2-4-6-11/h2-9,16H,10H2,1H3. The van der Waals surface area contributed by atoms with E-state index in [1.807, 2.05) is 0 Å². The van der Waals surface area contributed by atoms with Crippen molar-refractivity contribution in [1.29, 1.82) is 0 Å². The molecular weight excluding hydrogens is 328 g/mol. The number of esters is 1. The van der Waals surface area contributed by atoms with E-state index in [2.05, 4.69) is 4.74 Å². The first-order valence-corrected chi connectivity index (χ1v) is 7.39. The van der Waals surface area contributed by atoms with Gasteiger partial charge in [0.2, 0.25) is 6.10 Å². The van der Waals surface area contributed by atoms with Crippen molar-refractivity contribution in [3.8, 4) is 5.75 Å². The van der Waals surface area contributed by atoms with Crippen molar-refractivity contribution in [3.05, 3.63) is 64.2 Å². The van der Waals surface area contributed by atoms with Crippen molar-refractivity contribution in [2.75, 3.05) is 18.6 Å². The van der Waals surface area contributed by atoms with Crippen molar-refractivity contribution < 1.29 is 24.0 Å². The number of fused-ring (bicyclic) bond motifs is 1. The van der Waals surface area contributed by atoms with Gasteiger partial charge >= 0.3 is 5.97 Å². The molecule has 8 nitrogen and oxygen atoms in total. The van der Waals surface area contributed by atoms with Crippen LogP contribution in [-0.2, 0) is 14.3 Å². The van der Waals surface area contributed by atoms with Crippen molar-refractivity contribution >= 4 is 23.3 Å². The molecule has 2 aromatic carbocycles. The summed E-state index contributed by atoms with van der Waals surface area (Å²) in [5.41, 5.74) is 0.575. The number of hydrogen-bond acceptors (Lipinski definition) is 6. The van der Waals surface area contributed by atoms with E-state index in [1.165, 1.54) is 25.3 Å². The zero-order valence-electron chi connectivity index (χ0n) is 13.2. The van der Waals surface area contributed by atoms with Gasteiger partial charge in [-0.2, -0.15) is 0 Å². The molecule has 0 radical (unpaired) electrons. The number of carbonyl (C=O) groups is 2. The molecule has 0 aliphatic carbocycles. The van der Waals surface area contributed by atoms with E-state index >= 15 is 0 Å². The SMILES string of the molecule is COC(=O)CN1C(=O)C(c2ccccc2)Oc2ccc([N+](=O)[O-])cc21. The van der Waals surface area contributed by atoms with Crippen LogP contribution in [0.25, 0.3) is 0 Å². The summed E-state index contributed by atoms with van der Waals surface area (Å²) in [6.45, 7) is -0.365. The first-order chi connectivity index (χ1) is 12.0. The molecule has 1 amide bonds. The minimum absolute atomic E-state index is 0.164. The smallest absolute Gasteiger partial charge is 0.325 e. The highest BCUT2D eigenvalue weighted by molar-refractivity contribution is 6.03. The number of amides is 1. The molecule has 1 aliphatic rings. The van der Waals surface area contributed by atoms with E-state index in [0.29, 0.717) is 5.56 Å². The molecule has 1 aliphatic heterocycles. The Hall–Kier alpha value is -3.42. The van der Waals surface area contributed by atoms with Crippen LogP contribution in [0.4, 0.5) is 11.4 Å². The number of hydrogen-bond donors (Lipinski definition) is 0. The lowest BCUT2D eigenvalue weighted by molar-refractivity contribution is -0.384. The molecule has 0 saturated carbocycles. The summed E-state index contributed by atoms with van der Waals surface area (Å²) in [5, 5.41) is 11.0. The average molecular weight is 342 g/mol. The number of ether oxygens (including phenoxy) is 2. The molecule has 0 spiro atoms. The monoisotopic (exact) mass is 342 g/mol. The Morgan fingerprint density at radius 3 is 2.64 bits per heavy atom. The lowest BCUT2D eigenvalue weighted by atomic mass is 10.1. The molecule has 3 rings (SSSR count). The summed E-state index contributed by atoms with van der Waals surface area (Å²) in [6.07, 6.45) is -0.945. The molecule has 1 unspecified atom stereocenters. The van der Waals surface area contributed by atoms with Gasteiger partial charge in [-0.15, -0.1) is 0 Å². The third-order valence-corrected chi connectivity index (χ3v) is 3.80. The van der Waals surface area contributed by atoms with Gasteiger partial charge in [0.25, 0.3) is 11.6 Å². The largest absolute Gasteiger partial charge is 0.474 e. The topological polar surface area (TPSA) is 99.0 Å². The van der Waals surface area contributed by atoms with Gasteiger partial charge in [0, 0.05) is 17.7 Å². The summed E-state index contributed by atoms with van der Waals surface area (Å²) < 4.78 is 10.4. The Balaban J connectivity index is 2.07. The van der Waals surface area contributed by atoms with E-state index in [1.54, 1.807) is 30.3 Å². The van der Waals surface area contributed by atoms with Gasteiger partial charge in [0.15, 0.2) is 0 Å². The number of nitro groups is 1. The first kappa shape index (κ1) is 16.4. The van der Waals surface area contributed by atoms with Gasteiger partial charge in [0.05, 0.1) is 17.7 Å². The molecule has 8 heteroatoms. The zero-order chi connectivity index (χ0) is 18.0. The fraction of sp³-hybridized carbons (Fsp3) is 0.176. The van der Waals surface area contributed by atoms with Crippen molar-refractivity contribution in [2.24, 2.45) is 0 Å². The quantitative estimate of drug-likeness (QED) is 0.480. The second-order valence-corrected chi connectivity index (χ2v) is 5.32. The van der Waals surface area contributed by atoms with Crippen LogP contribution in [0.3, 0.4) is 0 Å². The number of non-ortho nitro benzene ring substituents is 1. The number of nitro benzene ring substituents is 1. The Kier molecular flexibility index (Phi) is 4.34. The predicted octanol–water partition coefficient (Wildman–Crippen LogP) is 2.23. The van der Waals surface area contributed by atoms with Gasteiger partial charge in [-0.1, -0.05) is 30.3 Å². The number of nitrogens with zero attached hydrogens (tertiary/aromatic N) is 2. The molecular formula is C17H14N2O6. The van der Waals surface area contributed by atoms with E-state index in [-0.39, 0.29) is 23.7 Å². The highest BCUT2D eigenvalue weighted by Gasteiger charge is 2.37. The van der Waals surface area contributed by atoms with Crippen molar-refractivity contribution in [2.45, 2.75) is 6.10 Å². The summed E-state index contributed by atoms with van der Waals surface area (Å²) in [6, 6.07) is 12.7. The van der Waals surface area contributed by atoms with Crippen LogP contribution in [0.5, 0.6) is 5.75 Å². The molecule has 25 heavy (non-hydrogen) atoms. The maximum absolute atomic E-state index is 12.8. The van der Waals surface area contributed by atoms with Crippen molar-refractivity contribution in [1.82, 2.24) is 0 Å². The van der Waals surface area contributed by atoms with E-state index in [9.17, 15) is 19.7 Å². The summed E-state index contributed by atoms with van der Waals surface area (Å²) >= 11 is 0. The number of benzene rings is 2. The van der Waals surface area contributed by atoms with Crippen LogP contribution in [0.2, 0.25) is 0 Å². The van der Waals surface area contributed by atoms with E-state index in [4.69, 9.17) is 4.74 Å². The molecule has 0 N–H and O–H groups in total. The summed E-state index contributed by atoms with van der Waals surface area (Å²) in [5.74, 6) is -0.855. The van der Waals surface area contributed by atoms with E-state index in [0.717, 1.165) is 4.90 Å². The van der Waals surface area contributed by atoms with Crippen LogP contribution in [0, 0.1) is 10.1 Å². The number of carbonyl (C=O) groups excluding carboxylic acids is 2. The van der Waals surface area contributed by atoms with Crippen LogP contribution in [0.1, 0.15) is 11.7 Å². The van der Waals surface area contributed by atoms with Crippen LogP contribution in [0.15, 0.2) is 48.5 Å². The Labute approximate surface area is 142 Å². The number of methoxy groups -OCH3 is 1. The number of anilines is 1. The van der Waals surface area contributed by atoms with Gasteiger partial charge in [-0.3, -0.25) is 24.6 Å². The normalized spacial score (nSPS) is 16.0. The highest BCUT2D eigenvalue weighted by atomic mass is 16.6. The Bertz CT molecular complexity index is 836. The van der Waals surface area contributed by atoms with Crippen LogP contribution >= 0.6 is 0 Å². The highest BCUT2D eigenvalue weighted by Crippen LogP contribution is 2.40. The maximum Gasteiger partial charge on any atom is 0.325 e. The molecule has 0 bridgehead atoms. The minimum Gasteiger partial charge on any atom is -0.474 e. The van der Waals surface area contributed by atoms with Gasteiger partial charge in [0.1, 0.15) is 12.3 Å². The molecule has 128 valence electrons. The molecule has 1 atom stereocenters. The lowest BCUT2D eigenvalue weighted by Crippen LogP contribution is -2.44. The first-order valence-electron chi connectivity index (χ1n) is 7.39. The fourth-order valence-corrected chi connectivity index (χ4v) is 2.56. The third kappa shape index (κ3) is 3.14. The van der Waals surface area contributed by atoms with Gasteiger partial charge in [-0.25, -0.2) is 0 Å². The summed E-state index contributed by atoms with van der Waals surface area (Å²) in [4.78, 5) is 36.1. The Morgan fingerprint density at radius 1 is 1.28 bits per heavy atom. The lowest BCUT2D eigenvalue weighted by Gasteiger charge is -2.33. The summed E-state index contributed by atoms with van der Waals surface area (Å²) in [7, 11) is 1.20. The minimum atomic E-state index is -0.945. The van der Waals surface area contributed by atoms with Crippen LogP contribution < -0.4 is 9.64 Å². The van der Waals surface area contributed by atoms with Crippen molar-refractivity contribution in [3.63, 3.8) is 0 Å². The third-order valence-electron chi connectivity index (χ3n) is 3.80. The molecule has 0 saturated heterocycles. The molecule has 2 aromatic rings. The van der Waals surface area contributed by atoms with Gasteiger partial charge in [-0.05, 0) is 6.07 Å². The zero-order valence-corrected chi connectivity index (χ0v) is 13.2. The van der Waals surface area contributed by atoms with Gasteiger partial charge < -0.3 is 9.47 Å². The second kappa shape index (κ2) is 6.60. The average Bonchev–Trinajstić information content (AvgIpc) is 2.63. The maximum atomic E-state index is 12.8. The number of rotatable bonds is 4. The van der Waals surface area contributed by atoms with E-state index < -0.39 is 22.9 Å². The fourth-order valence-electron chi connectivity index (χ4n) is 2.56. The molecule has 0 fully saturated rings. The van der Waals surface area contributed by atoms with Crippen LogP contribution in [-0.4, -0.2) is 30.5 Å². The molecule has 1 heterocycles. The predicted molar refractivity (Wildman–Crippen MR) is 87.3 cm³/mol.